The average molecular weight is 240 g/mol. The quantitative estimate of drug-likeness (QED) is 0.811. The Bertz CT molecular complexity index is 246. The van der Waals surface area contributed by atoms with Crippen LogP contribution in [0.25, 0.3) is 0 Å². The minimum Gasteiger partial charge on any atom is -0.391 e. The van der Waals surface area contributed by atoms with E-state index >= 15 is 0 Å². The number of aliphatic hydroxyl groups excluding tert-OH is 1. The number of likely N-dealkylation sites (tertiary alicyclic amines) is 1. The third-order valence-corrected chi connectivity index (χ3v) is 4.78. The molecule has 0 bridgehead atoms. The summed E-state index contributed by atoms with van der Waals surface area (Å²) in [6.07, 6.45) is 5.88. The highest BCUT2D eigenvalue weighted by Crippen LogP contribution is 2.28. The Balaban J connectivity index is 1.87. The van der Waals surface area contributed by atoms with Crippen molar-refractivity contribution in [2.75, 3.05) is 27.2 Å². The van der Waals surface area contributed by atoms with Gasteiger partial charge >= 0.3 is 0 Å². The lowest BCUT2D eigenvalue weighted by molar-refractivity contribution is 0.00981. The molecule has 1 aliphatic heterocycles. The predicted octanol–water partition coefficient (Wildman–Crippen LogP) is 1.56. The largest absolute Gasteiger partial charge is 0.391 e. The van der Waals surface area contributed by atoms with Gasteiger partial charge in [-0.2, -0.15) is 0 Å². The van der Waals surface area contributed by atoms with E-state index in [2.05, 4.69) is 30.8 Å². The average Bonchev–Trinajstić information content (AvgIpc) is 2.68. The van der Waals surface area contributed by atoms with Crippen LogP contribution >= 0.6 is 0 Å². The van der Waals surface area contributed by atoms with Crippen molar-refractivity contribution in [1.82, 2.24) is 9.80 Å². The van der Waals surface area contributed by atoms with E-state index < -0.39 is 0 Å². The Morgan fingerprint density at radius 2 is 2.06 bits per heavy atom. The summed E-state index contributed by atoms with van der Waals surface area (Å²) in [4.78, 5) is 4.88. The number of likely N-dealkylation sites (N-methyl/N-ethyl adjacent to an activating group) is 2. The molecule has 0 aromatic rings. The van der Waals surface area contributed by atoms with Gasteiger partial charge in [0.05, 0.1) is 6.10 Å². The van der Waals surface area contributed by atoms with E-state index in [1.165, 1.54) is 25.8 Å². The summed E-state index contributed by atoms with van der Waals surface area (Å²) in [7, 11) is 4.42. The van der Waals surface area contributed by atoms with Crippen molar-refractivity contribution in [1.29, 1.82) is 0 Å². The Labute approximate surface area is 106 Å². The van der Waals surface area contributed by atoms with Gasteiger partial charge in [0.25, 0.3) is 0 Å². The van der Waals surface area contributed by atoms with Crippen LogP contribution in [0.4, 0.5) is 0 Å². The highest BCUT2D eigenvalue weighted by molar-refractivity contribution is 4.87. The molecule has 1 aliphatic carbocycles. The third kappa shape index (κ3) is 3.21. The zero-order chi connectivity index (χ0) is 12.4. The molecule has 0 amide bonds. The molecule has 3 nitrogen and oxygen atoms in total. The molecule has 0 radical (unpaired) electrons. The first-order valence-corrected chi connectivity index (χ1v) is 7.16. The van der Waals surface area contributed by atoms with Crippen molar-refractivity contribution >= 4 is 0 Å². The van der Waals surface area contributed by atoms with Crippen molar-refractivity contribution in [3.8, 4) is 0 Å². The van der Waals surface area contributed by atoms with Gasteiger partial charge in [0.15, 0.2) is 0 Å². The molecule has 0 aromatic carbocycles. The standard InChI is InChI=1S/C14H28N2O/c1-11-6-7-14(17)13(9-11)16(3)10-12-5-4-8-15(12)2/h11-14,17H,4-10H2,1-3H3. The van der Waals surface area contributed by atoms with Crippen LogP contribution in [0.5, 0.6) is 0 Å². The van der Waals surface area contributed by atoms with Gasteiger partial charge < -0.3 is 10.0 Å². The molecule has 1 saturated heterocycles. The van der Waals surface area contributed by atoms with Crippen LogP contribution in [0.2, 0.25) is 0 Å². The normalized spacial score (nSPS) is 40.1. The minimum atomic E-state index is -0.108. The number of rotatable bonds is 3. The summed E-state index contributed by atoms with van der Waals surface area (Å²) >= 11 is 0. The first-order chi connectivity index (χ1) is 8.08. The van der Waals surface area contributed by atoms with Crippen LogP contribution in [-0.4, -0.2) is 60.3 Å². The molecule has 0 spiro atoms. The summed E-state index contributed by atoms with van der Waals surface area (Å²) in [5.41, 5.74) is 0. The fourth-order valence-electron chi connectivity index (χ4n) is 3.49. The van der Waals surface area contributed by atoms with Gasteiger partial charge in [0.1, 0.15) is 0 Å². The van der Waals surface area contributed by atoms with Crippen LogP contribution in [0, 0.1) is 5.92 Å². The van der Waals surface area contributed by atoms with Crippen LogP contribution in [0.1, 0.15) is 39.0 Å². The molecule has 0 aromatic heterocycles. The number of aliphatic hydroxyl groups is 1. The van der Waals surface area contributed by atoms with Gasteiger partial charge in [-0.25, -0.2) is 0 Å². The summed E-state index contributed by atoms with van der Waals surface area (Å²) in [6.45, 7) is 4.67. The van der Waals surface area contributed by atoms with Crippen LogP contribution < -0.4 is 0 Å². The molecule has 3 heteroatoms. The summed E-state index contributed by atoms with van der Waals surface area (Å²) < 4.78 is 0. The van der Waals surface area contributed by atoms with Gasteiger partial charge in [0, 0.05) is 18.6 Å². The van der Waals surface area contributed by atoms with E-state index in [0.717, 1.165) is 25.3 Å². The van der Waals surface area contributed by atoms with E-state index in [9.17, 15) is 5.11 Å². The van der Waals surface area contributed by atoms with Gasteiger partial charge in [-0.3, -0.25) is 4.90 Å². The van der Waals surface area contributed by atoms with E-state index in [4.69, 9.17) is 0 Å². The lowest BCUT2D eigenvalue weighted by Crippen LogP contribution is -2.49. The molecule has 4 atom stereocenters. The Hall–Kier alpha value is -0.120. The van der Waals surface area contributed by atoms with E-state index in [1.54, 1.807) is 0 Å². The summed E-state index contributed by atoms with van der Waals surface area (Å²) in [5.74, 6) is 0.771. The fraction of sp³-hybridized carbons (Fsp3) is 1.00. The lowest BCUT2D eigenvalue weighted by atomic mass is 9.84. The Morgan fingerprint density at radius 1 is 1.29 bits per heavy atom. The molecule has 17 heavy (non-hydrogen) atoms. The molecule has 1 N–H and O–H groups in total. The second-order valence-electron chi connectivity index (χ2n) is 6.27. The molecule has 100 valence electrons. The SMILES string of the molecule is CC1CCC(O)C(N(C)CC2CCCN2C)C1. The number of hydrogen-bond acceptors (Lipinski definition) is 3. The van der Waals surface area contributed by atoms with E-state index in [1.807, 2.05) is 0 Å². The second kappa shape index (κ2) is 5.68. The van der Waals surface area contributed by atoms with E-state index in [0.29, 0.717) is 12.1 Å². The van der Waals surface area contributed by atoms with Gasteiger partial charge in [0.2, 0.25) is 0 Å². The van der Waals surface area contributed by atoms with Crippen LogP contribution in [0.3, 0.4) is 0 Å². The predicted molar refractivity (Wildman–Crippen MR) is 71.1 cm³/mol. The van der Waals surface area contributed by atoms with Gasteiger partial charge in [-0.1, -0.05) is 6.92 Å². The fourth-order valence-corrected chi connectivity index (χ4v) is 3.49. The molecule has 2 rings (SSSR count). The van der Waals surface area contributed by atoms with Crippen molar-refractivity contribution in [3.63, 3.8) is 0 Å². The highest BCUT2D eigenvalue weighted by atomic mass is 16.3. The molecule has 2 aliphatic rings. The van der Waals surface area contributed by atoms with Crippen molar-refractivity contribution in [2.24, 2.45) is 5.92 Å². The smallest absolute Gasteiger partial charge is 0.0695 e. The zero-order valence-electron chi connectivity index (χ0n) is 11.6. The third-order valence-electron chi connectivity index (χ3n) is 4.78. The molecule has 4 unspecified atom stereocenters. The molecule has 1 saturated carbocycles. The monoisotopic (exact) mass is 240 g/mol. The summed E-state index contributed by atoms with van der Waals surface area (Å²) in [6, 6.07) is 1.08. The molecule has 2 fully saturated rings. The maximum atomic E-state index is 10.1. The zero-order valence-corrected chi connectivity index (χ0v) is 11.6. The second-order valence-corrected chi connectivity index (χ2v) is 6.27. The lowest BCUT2D eigenvalue weighted by Gasteiger charge is -2.39. The van der Waals surface area contributed by atoms with Gasteiger partial charge in [-0.05, 0) is 58.7 Å². The highest BCUT2D eigenvalue weighted by Gasteiger charge is 2.32. The molecular formula is C14H28N2O. The Kier molecular flexibility index (Phi) is 4.45. The molecular weight excluding hydrogens is 212 g/mol. The Morgan fingerprint density at radius 3 is 2.71 bits per heavy atom. The van der Waals surface area contributed by atoms with Crippen LogP contribution in [0.15, 0.2) is 0 Å². The van der Waals surface area contributed by atoms with Crippen LogP contribution in [-0.2, 0) is 0 Å². The van der Waals surface area contributed by atoms with E-state index in [-0.39, 0.29) is 6.10 Å². The molecule has 1 heterocycles. The topological polar surface area (TPSA) is 26.7 Å². The van der Waals surface area contributed by atoms with Crippen molar-refractivity contribution in [3.05, 3.63) is 0 Å². The summed E-state index contributed by atoms with van der Waals surface area (Å²) in [5, 5.41) is 10.1. The number of nitrogens with zero attached hydrogens (tertiary/aromatic N) is 2. The maximum Gasteiger partial charge on any atom is 0.0695 e. The van der Waals surface area contributed by atoms with Gasteiger partial charge in [-0.15, -0.1) is 0 Å². The maximum absolute atomic E-state index is 10.1. The first-order valence-electron chi connectivity index (χ1n) is 7.16. The minimum absolute atomic E-state index is 0.108. The number of hydrogen-bond donors (Lipinski definition) is 1. The first kappa shape index (κ1) is 13.3. The van der Waals surface area contributed by atoms with Crippen molar-refractivity contribution < 1.29 is 5.11 Å². The van der Waals surface area contributed by atoms with Crippen molar-refractivity contribution in [2.45, 2.75) is 57.2 Å².